The van der Waals surface area contributed by atoms with Crippen molar-refractivity contribution in [3.05, 3.63) is 24.5 Å². The van der Waals surface area contributed by atoms with Gasteiger partial charge in [0.25, 0.3) is 0 Å². The van der Waals surface area contributed by atoms with Crippen molar-refractivity contribution in [1.82, 2.24) is 14.8 Å². The molecule has 0 unspecified atom stereocenters. The number of nitrogens with two attached hydrogens (primary N) is 1. The molecule has 0 radical (unpaired) electrons. The Kier molecular flexibility index (Phi) is 3.11. The minimum absolute atomic E-state index is 0.522. The average molecular weight is 258 g/mol. The van der Waals surface area contributed by atoms with Crippen LogP contribution >= 0.6 is 0 Å². The van der Waals surface area contributed by atoms with Crippen LogP contribution in [0.25, 0.3) is 11.4 Å². The van der Waals surface area contributed by atoms with E-state index >= 15 is 0 Å². The summed E-state index contributed by atoms with van der Waals surface area (Å²) in [5.41, 5.74) is 7.57. The highest BCUT2D eigenvalue weighted by Gasteiger charge is 2.20. The van der Waals surface area contributed by atoms with Crippen molar-refractivity contribution in [3.63, 3.8) is 0 Å². The third kappa shape index (κ3) is 2.16. The Labute approximate surface area is 112 Å². The van der Waals surface area contributed by atoms with E-state index in [0.717, 1.165) is 11.4 Å². The summed E-state index contributed by atoms with van der Waals surface area (Å²) in [6.07, 6.45) is 6.80. The highest BCUT2D eigenvalue weighted by molar-refractivity contribution is 5.66. The molecule has 0 atom stereocenters. The molecule has 3 rings (SSSR count). The van der Waals surface area contributed by atoms with Crippen LogP contribution in [0, 0.1) is 0 Å². The van der Waals surface area contributed by atoms with Gasteiger partial charge in [0.1, 0.15) is 12.1 Å². The van der Waals surface area contributed by atoms with E-state index in [0.29, 0.717) is 17.5 Å². The van der Waals surface area contributed by atoms with Gasteiger partial charge in [0.05, 0.1) is 12.8 Å². The second-order valence-electron chi connectivity index (χ2n) is 4.96. The zero-order valence-corrected chi connectivity index (χ0v) is 11.0. The molecule has 19 heavy (non-hydrogen) atoms. The number of ether oxygens (including phenoxy) is 1. The van der Waals surface area contributed by atoms with Crippen molar-refractivity contribution in [2.45, 2.75) is 31.7 Å². The molecular weight excluding hydrogens is 240 g/mol. The van der Waals surface area contributed by atoms with Crippen LogP contribution in [0.2, 0.25) is 0 Å². The number of hydrogen-bond donors (Lipinski definition) is 1. The van der Waals surface area contributed by atoms with Crippen molar-refractivity contribution in [3.8, 4) is 17.1 Å². The van der Waals surface area contributed by atoms with Crippen molar-refractivity contribution >= 4 is 5.69 Å². The van der Waals surface area contributed by atoms with Crippen molar-refractivity contribution in [2.75, 3.05) is 12.8 Å². The van der Waals surface area contributed by atoms with Gasteiger partial charge >= 0.3 is 0 Å². The molecule has 1 fully saturated rings. The average Bonchev–Trinajstić information content (AvgIpc) is 3.09. The Bertz CT molecular complexity index is 573. The first kappa shape index (κ1) is 12.0. The van der Waals surface area contributed by atoms with E-state index in [1.807, 2.05) is 24.5 Å². The van der Waals surface area contributed by atoms with Crippen LogP contribution < -0.4 is 10.5 Å². The van der Waals surface area contributed by atoms with Crippen LogP contribution in [0.5, 0.6) is 5.75 Å². The Balaban J connectivity index is 1.98. The number of nitrogen functional groups attached to an aromatic ring is 1. The molecule has 1 aromatic heterocycles. The van der Waals surface area contributed by atoms with Crippen LogP contribution in [-0.2, 0) is 0 Å². The van der Waals surface area contributed by atoms with Gasteiger partial charge in [-0.05, 0) is 31.0 Å². The molecule has 1 aliphatic carbocycles. The molecule has 1 aromatic carbocycles. The smallest absolute Gasteiger partial charge is 0.164 e. The molecule has 0 saturated heterocycles. The lowest BCUT2D eigenvalue weighted by Gasteiger charge is -2.14. The van der Waals surface area contributed by atoms with Crippen LogP contribution in [0.3, 0.4) is 0 Å². The van der Waals surface area contributed by atoms with Crippen molar-refractivity contribution < 1.29 is 4.74 Å². The van der Waals surface area contributed by atoms with Gasteiger partial charge in [-0.2, -0.15) is 0 Å². The van der Waals surface area contributed by atoms with Gasteiger partial charge in [-0.15, -0.1) is 10.2 Å². The van der Waals surface area contributed by atoms with Gasteiger partial charge in [0.15, 0.2) is 5.82 Å². The van der Waals surface area contributed by atoms with Crippen LogP contribution in [-0.4, -0.2) is 21.9 Å². The van der Waals surface area contributed by atoms with Crippen molar-refractivity contribution in [1.29, 1.82) is 0 Å². The highest BCUT2D eigenvalue weighted by atomic mass is 16.5. The molecule has 1 saturated carbocycles. The molecule has 1 aliphatic rings. The Hall–Kier alpha value is -2.04. The quantitative estimate of drug-likeness (QED) is 0.859. The maximum absolute atomic E-state index is 5.96. The van der Waals surface area contributed by atoms with E-state index in [-0.39, 0.29) is 0 Å². The predicted octanol–water partition coefficient (Wildman–Crippen LogP) is 2.65. The summed E-state index contributed by atoms with van der Waals surface area (Å²) in [5.74, 6) is 1.58. The monoisotopic (exact) mass is 258 g/mol. The maximum Gasteiger partial charge on any atom is 0.164 e. The Morgan fingerprint density at radius 1 is 1.32 bits per heavy atom. The first-order valence-electron chi connectivity index (χ1n) is 6.63. The van der Waals surface area contributed by atoms with E-state index in [1.165, 1.54) is 25.7 Å². The number of anilines is 1. The van der Waals surface area contributed by atoms with Crippen LogP contribution in [0.1, 0.15) is 31.7 Å². The first-order valence-corrected chi connectivity index (χ1v) is 6.63. The van der Waals surface area contributed by atoms with E-state index in [2.05, 4.69) is 14.8 Å². The highest BCUT2D eigenvalue weighted by Crippen LogP contribution is 2.34. The van der Waals surface area contributed by atoms with Gasteiger partial charge in [-0.1, -0.05) is 12.8 Å². The maximum atomic E-state index is 5.96. The van der Waals surface area contributed by atoms with Gasteiger partial charge in [-0.25, -0.2) is 0 Å². The number of hydrogen-bond acceptors (Lipinski definition) is 4. The standard InChI is InChI=1S/C14H18N4O/c1-19-13-7-6-10(8-12(13)15)14-17-16-9-18(14)11-4-2-3-5-11/h6-9,11H,2-5,15H2,1H3. The first-order chi connectivity index (χ1) is 9.29. The van der Waals surface area contributed by atoms with Gasteiger partial charge in [0.2, 0.25) is 0 Å². The minimum Gasteiger partial charge on any atom is -0.495 e. The molecule has 0 amide bonds. The molecule has 0 bridgehead atoms. The van der Waals surface area contributed by atoms with Crippen molar-refractivity contribution in [2.24, 2.45) is 0 Å². The van der Waals surface area contributed by atoms with Gasteiger partial charge < -0.3 is 15.0 Å². The third-order valence-electron chi connectivity index (χ3n) is 3.78. The number of nitrogens with zero attached hydrogens (tertiary/aromatic N) is 3. The lowest BCUT2D eigenvalue weighted by molar-refractivity contribution is 0.417. The summed E-state index contributed by atoms with van der Waals surface area (Å²) in [6.45, 7) is 0. The van der Waals surface area contributed by atoms with E-state index < -0.39 is 0 Å². The molecular formula is C14H18N4O. The number of aromatic nitrogens is 3. The molecule has 5 heteroatoms. The summed E-state index contributed by atoms with van der Waals surface area (Å²) in [5, 5.41) is 8.30. The topological polar surface area (TPSA) is 66.0 Å². The summed E-state index contributed by atoms with van der Waals surface area (Å²) >= 11 is 0. The largest absolute Gasteiger partial charge is 0.495 e. The van der Waals surface area contributed by atoms with Gasteiger partial charge in [0, 0.05) is 11.6 Å². The number of benzene rings is 1. The summed E-state index contributed by atoms with van der Waals surface area (Å²) in [7, 11) is 1.62. The summed E-state index contributed by atoms with van der Waals surface area (Å²) < 4.78 is 7.35. The molecule has 2 N–H and O–H groups in total. The second-order valence-corrected chi connectivity index (χ2v) is 4.96. The Morgan fingerprint density at radius 2 is 2.11 bits per heavy atom. The molecule has 0 aliphatic heterocycles. The SMILES string of the molecule is COc1ccc(-c2nncn2C2CCCC2)cc1N. The molecule has 1 heterocycles. The summed E-state index contributed by atoms with van der Waals surface area (Å²) in [6, 6.07) is 6.27. The lowest BCUT2D eigenvalue weighted by atomic mass is 10.1. The lowest BCUT2D eigenvalue weighted by Crippen LogP contribution is -2.05. The fourth-order valence-electron chi connectivity index (χ4n) is 2.77. The molecule has 5 nitrogen and oxygen atoms in total. The molecule has 0 spiro atoms. The molecule has 100 valence electrons. The van der Waals surface area contributed by atoms with Crippen LogP contribution in [0.15, 0.2) is 24.5 Å². The Morgan fingerprint density at radius 3 is 2.79 bits per heavy atom. The summed E-state index contributed by atoms with van der Waals surface area (Å²) in [4.78, 5) is 0. The fourth-order valence-corrected chi connectivity index (χ4v) is 2.77. The third-order valence-corrected chi connectivity index (χ3v) is 3.78. The normalized spacial score (nSPS) is 15.8. The fraction of sp³-hybridized carbons (Fsp3) is 0.429. The van der Waals surface area contributed by atoms with E-state index in [9.17, 15) is 0 Å². The zero-order valence-electron chi connectivity index (χ0n) is 11.0. The van der Waals surface area contributed by atoms with E-state index in [1.54, 1.807) is 7.11 Å². The van der Waals surface area contributed by atoms with Crippen LogP contribution in [0.4, 0.5) is 5.69 Å². The number of rotatable bonds is 3. The van der Waals surface area contributed by atoms with E-state index in [4.69, 9.17) is 10.5 Å². The number of methoxy groups -OCH3 is 1. The predicted molar refractivity (Wildman–Crippen MR) is 73.9 cm³/mol. The molecule has 2 aromatic rings. The zero-order chi connectivity index (χ0) is 13.2. The minimum atomic E-state index is 0.522. The second kappa shape index (κ2) is 4.91. The van der Waals surface area contributed by atoms with Gasteiger partial charge in [-0.3, -0.25) is 0 Å².